The van der Waals surface area contributed by atoms with Crippen LogP contribution in [0.5, 0.6) is 0 Å². The summed E-state index contributed by atoms with van der Waals surface area (Å²) in [5, 5.41) is 4.25. The number of rotatable bonds is 1. The molecule has 12 heavy (non-hydrogen) atoms. The molecule has 1 aromatic heterocycles. The van der Waals surface area contributed by atoms with Gasteiger partial charge in [0, 0.05) is 12.4 Å². The number of allylic oxidation sites excluding steroid dienone is 1. The van der Waals surface area contributed by atoms with E-state index in [-0.39, 0.29) is 0 Å². The van der Waals surface area contributed by atoms with E-state index in [0.29, 0.717) is 6.04 Å². The van der Waals surface area contributed by atoms with Crippen molar-refractivity contribution in [1.82, 2.24) is 9.78 Å². The van der Waals surface area contributed by atoms with Crippen LogP contribution in [0.2, 0.25) is 0 Å². The molecule has 1 atom stereocenters. The average molecular weight is 162 g/mol. The number of hydrogen-bond donors (Lipinski definition) is 0. The van der Waals surface area contributed by atoms with Gasteiger partial charge in [0.1, 0.15) is 0 Å². The fourth-order valence-electron chi connectivity index (χ4n) is 1.85. The molecule has 1 aliphatic carbocycles. The molecule has 0 aromatic carbocycles. The summed E-state index contributed by atoms with van der Waals surface area (Å²) in [6.45, 7) is 4.03. The molecule has 1 saturated carbocycles. The first-order valence-corrected chi connectivity index (χ1v) is 4.52. The van der Waals surface area contributed by atoms with Crippen molar-refractivity contribution < 1.29 is 0 Å². The van der Waals surface area contributed by atoms with Crippen LogP contribution in [0, 0.1) is 0 Å². The van der Waals surface area contributed by atoms with Crippen LogP contribution in [0.1, 0.15) is 31.7 Å². The first kappa shape index (κ1) is 7.59. The van der Waals surface area contributed by atoms with E-state index in [1.54, 1.807) is 0 Å². The molecule has 0 N–H and O–H groups in total. The molecule has 0 amide bonds. The van der Waals surface area contributed by atoms with Gasteiger partial charge in [0.05, 0.1) is 6.04 Å². The van der Waals surface area contributed by atoms with Crippen LogP contribution in [0.25, 0.3) is 0 Å². The number of hydrogen-bond acceptors (Lipinski definition) is 1. The summed E-state index contributed by atoms with van der Waals surface area (Å²) in [7, 11) is 0. The SMILES string of the molecule is C=C1CCCC(n2cccn2)C1. The van der Waals surface area contributed by atoms with Gasteiger partial charge < -0.3 is 0 Å². The monoisotopic (exact) mass is 162 g/mol. The molecule has 2 nitrogen and oxygen atoms in total. The van der Waals surface area contributed by atoms with Crippen LogP contribution in [0.4, 0.5) is 0 Å². The second-order valence-electron chi connectivity index (χ2n) is 3.49. The maximum Gasteiger partial charge on any atom is 0.0556 e. The van der Waals surface area contributed by atoms with Crippen LogP contribution >= 0.6 is 0 Å². The minimum Gasteiger partial charge on any atom is -0.269 e. The fraction of sp³-hybridized carbons (Fsp3) is 0.500. The van der Waals surface area contributed by atoms with Crippen molar-refractivity contribution in [3.63, 3.8) is 0 Å². The van der Waals surface area contributed by atoms with Crippen LogP contribution < -0.4 is 0 Å². The van der Waals surface area contributed by atoms with Gasteiger partial charge in [0.25, 0.3) is 0 Å². The highest BCUT2D eigenvalue weighted by Crippen LogP contribution is 2.30. The van der Waals surface area contributed by atoms with Gasteiger partial charge in [-0.1, -0.05) is 12.2 Å². The third kappa shape index (κ3) is 1.42. The lowest BCUT2D eigenvalue weighted by Gasteiger charge is -2.23. The Morgan fingerprint density at radius 1 is 1.58 bits per heavy atom. The van der Waals surface area contributed by atoms with Crippen molar-refractivity contribution in [3.05, 3.63) is 30.6 Å². The summed E-state index contributed by atoms with van der Waals surface area (Å²) in [6, 6.07) is 2.55. The third-order valence-electron chi connectivity index (χ3n) is 2.49. The van der Waals surface area contributed by atoms with E-state index in [9.17, 15) is 0 Å². The largest absolute Gasteiger partial charge is 0.269 e. The van der Waals surface area contributed by atoms with Gasteiger partial charge >= 0.3 is 0 Å². The molecule has 64 valence electrons. The summed E-state index contributed by atoms with van der Waals surface area (Å²) in [6.07, 6.45) is 8.73. The summed E-state index contributed by atoms with van der Waals surface area (Å²) in [5.41, 5.74) is 1.38. The quantitative estimate of drug-likeness (QED) is 0.580. The maximum atomic E-state index is 4.25. The predicted octanol–water partition coefficient (Wildman–Crippen LogP) is 2.55. The standard InChI is InChI=1S/C10H14N2/c1-9-4-2-5-10(8-9)12-7-3-6-11-12/h3,6-7,10H,1-2,4-5,8H2. The second kappa shape index (κ2) is 3.13. The van der Waals surface area contributed by atoms with Crippen molar-refractivity contribution in [2.75, 3.05) is 0 Å². The molecule has 2 rings (SSSR count). The zero-order valence-electron chi connectivity index (χ0n) is 7.24. The predicted molar refractivity (Wildman–Crippen MR) is 48.9 cm³/mol. The van der Waals surface area contributed by atoms with Gasteiger partial charge in [-0.05, 0) is 31.7 Å². The number of aromatic nitrogens is 2. The normalized spacial score (nSPS) is 24.3. The van der Waals surface area contributed by atoms with Crippen LogP contribution in [0.15, 0.2) is 30.6 Å². The summed E-state index contributed by atoms with van der Waals surface area (Å²) in [4.78, 5) is 0. The lowest BCUT2D eigenvalue weighted by Crippen LogP contribution is -2.14. The molecule has 0 saturated heterocycles. The van der Waals surface area contributed by atoms with E-state index < -0.39 is 0 Å². The minimum atomic E-state index is 0.571. The summed E-state index contributed by atoms with van der Waals surface area (Å²) < 4.78 is 2.06. The maximum absolute atomic E-state index is 4.25. The first-order chi connectivity index (χ1) is 5.86. The molecular formula is C10H14N2. The second-order valence-corrected chi connectivity index (χ2v) is 3.49. The summed E-state index contributed by atoms with van der Waals surface area (Å²) in [5.74, 6) is 0. The van der Waals surface area contributed by atoms with Crippen molar-refractivity contribution >= 4 is 0 Å². The van der Waals surface area contributed by atoms with Crippen molar-refractivity contribution in [1.29, 1.82) is 0 Å². The average Bonchev–Trinajstić information content (AvgIpc) is 2.56. The lowest BCUT2D eigenvalue weighted by atomic mass is 9.92. The van der Waals surface area contributed by atoms with Gasteiger partial charge in [-0.15, -0.1) is 0 Å². The highest BCUT2D eigenvalue weighted by Gasteiger charge is 2.16. The van der Waals surface area contributed by atoms with Crippen LogP contribution in [-0.2, 0) is 0 Å². The van der Waals surface area contributed by atoms with Crippen molar-refractivity contribution in [2.45, 2.75) is 31.7 Å². The highest BCUT2D eigenvalue weighted by molar-refractivity contribution is 5.01. The van der Waals surface area contributed by atoms with Crippen molar-refractivity contribution in [3.8, 4) is 0 Å². The van der Waals surface area contributed by atoms with Gasteiger partial charge in [-0.3, -0.25) is 4.68 Å². The zero-order chi connectivity index (χ0) is 8.39. The Bertz CT molecular complexity index is 261. The number of nitrogens with zero attached hydrogens (tertiary/aromatic N) is 2. The zero-order valence-corrected chi connectivity index (χ0v) is 7.24. The topological polar surface area (TPSA) is 17.8 Å². The van der Waals surface area contributed by atoms with E-state index in [4.69, 9.17) is 0 Å². The molecular weight excluding hydrogens is 148 g/mol. The fourth-order valence-corrected chi connectivity index (χ4v) is 1.85. The first-order valence-electron chi connectivity index (χ1n) is 4.52. The van der Waals surface area contributed by atoms with Crippen LogP contribution in [-0.4, -0.2) is 9.78 Å². The molecule has 1 fully saturated rings. The van der Waals surface area contributed by atoms with E-state index in [1.165, 1.54) is 24.8 Å². The minimum absolute atomic E-state index is 0.571. The molecule has 0 aliphatic heterocycles. The van der Waals surface area contributed by atoms with E-state index in [1.807, 2.05) is 18.5 Å². The molecule has 0 spiro atoms. The van der Waals surface area contributed by atoms with Gasteiger partial charge in [0.2, 0.25) is 0 Å². The Morgan fingerprint density at radius 2 is 2.50 bits per heavy atom. The molecule has 1 aromatic rings. The molecule has 0 bridgehead atoms. The smallest absolute Gasteiger partial charge is 0.0556 e. The lowest BCUT2D eigenvalue weighted by molar-refractivity contribution is 0.377. The molecule has 0 radical (unpaired) electrons. The molecule has 1 aliphatic rings. The molecule has 2 heteroatoms. The summed E-state index contributed by atoms with van der Waals surface area (Å²) >= 11 is 0. The van der Waals surface area contributed by atoms with E-state index in [0.717, 1.165) is 6.42 Å². The van der Waals surface area contributed by atoms with Crippen molar-refractivity contribution in [2.24, 2.45) is 0 Å². The Kier molecular flexibility index (Phi) is 1.98. The Labute approximate surface area is 72.9 Å². The highest BCUT2D eigenvalue weighted by atomic mass is 15.3. The van der Waals surface area contributed by atoms with Crippen LogP contribution in [0.3, 0.4) is 0 Å². The van der Waals surface area contributed by atoms with E-state index in [2.05, 4.69) is 16.4 Å². The molecule has 1 heterocycles. The van der Waals surface area contributed by atoms with Gasteiger partial charge in [0.15, 0.2) is 0 Å². The Morgan fingerprint density at radius 3 is 3.17 bits per heavy atom. The molecule has 1 unspecified atom stereocenters. The third-order valence-corrected chi connectivity index (χ3v) is 2.49. The Balaban J connectivity index is 2.09. The van der Waals surface area contributed by atoms with E-state index >= 15 is 0 Å². The van der Waals surface area contributed by atoms with Gasteiger partial charge in [-0.25, -0.2) is 0 Å². The Hall–Kier alpha value is -1.05. The van der Waals surface area contributed by atoms with Gasteiger partial charge in [-0.2, -0.15) is 5.10 Å².